The van der Waals surface area contributed by atoms with Gasteiger partial charge >= 0.3 is 5.97 Å². The van der Waals surface area contributed by atoms with Gasteiger partial charge in [0.15, 0.2) is 18.3 Å². The number of carbonyl (C=O) groups is 1. The number of hydrogen-bond acceptors (Lipinski definition) is 6. The van der Waals surface area contributed by atoms with Gasteiger partial charge in [-0.2, -0.15) is 0 Å². The highest BCUT2D eigenvalue weighted by Crippen LogP contribution is 2.67. The van der Waals surface area contributed by atoms with Crippen LogP contribution >= 0.6 is 0 Å². The van der Waals surface area contributed by atoms with Crippen LogP contribution in [0, 0.1) is 0 Å². The molecule has 2 unspecified atom stereocenters. The Morgan fingerprint density at radius 3 is 2.46 bits per heavy atom. The lowest BCUT2D eigenvalue weighted by molar-refractivity contribution is -0.145. The maximum atomic E-state index is 11.7. The summed E-state index contributed by atoms with van der Waals surface area (Å²) in [4.78, 5) is 16.7. The van der Waals surface area contributed by atoms with Gasteiger partial charge in [-0.15, -0.1) is 0 Å². The molecule has 1 saturated carbocycles. The highest BCUT2D eigenvalue weighted by atomic mass is 16.6. The molecule has 1 aliphatic carbocycles. The number of carbonyl (C=O) groups excluding carboxylic acids is 1. The van der Waals surface area contributed by atoms with Gasteiger partial charge in [-0.25, -0.2) is 9.78 Å². The van der Waals surface area contributed by atoms with Crippen molar-refractivity contribution in [3.63, 3.8) is 0 Å². The van der Waals surface area contributed by atoms with Crippen molar-refractivity contribution < 1.29 is 23.4 Å². The molecule has 1 saturated heterocycles. The molecule has 3 aromatic carbocycles. The van der Waals surface area contributed by atoms with Crippen LogP contribution in [0.1, 0.15) is 37.6 Å². The number of aromatic nitrogens is 1. The molecule has 1 aromatic heterocycles. The number of fused-ring (bicyclic) bond motifs is 1. The SMILES string of the molecule is CCOC(=O)COc1cccc(C23CCCC2(Cc2nc(-c4ccccc4)c(-c4ccccc4)o2)O3)c1. The lowest BCUT2D eigenvalue weighted by Gasteiger charge is -2.13. The van der Waals surface area contributed by atoms with Gasteiger partial charge in [0.05, 0.1) is 13.0 Å². The van der Waals surface area contributed by atoms with Crippen LogP contribution in [0.4, 0.5) is 0 Å². The first-order chi connectivity index (χ1) is 18.1. The topological polar surface area (TPSA) is 74.1 Å². The summed E-state index contributed by atoms with van der Waals surface area (Å²) < 4.78 is 23.6. The van der Waals surface area contributed by atoms with E-state index in [1.165, 1.54) is 0 Å². The second-order valence-corrected chi connectivity index (χ2v) is 9.59. The Morgan fingerprint density at radius 2 is 1.70 bits per heavy atom. The summed E-state index contributed by atoms with van der Waals surface area (Å²) in [6.45, 7) is 2.00. The maximum absolute atomic E-state index is 11.7. The lowest BCUT2D eigenvalue weighted by Crippen LogP contribution is -2.21. The van der Waals surface area contributed by atoms with Crippen LogP contribution in [0.15, 0.2) is 89.3 Å². The first kappa shape index (κ1) is 23.5. The van der Waals surface area contributed by atoms with Crippen molar-refractivity contribution in [3.05, 3.63) is 96.4 Å². The molecule has 2 heterocycles. The molecular weight excluding hydrogens is 466 g/mol. The van der Waals surface area contributed by atoms with E-state index in [1.807, 2.05) is 66.7 Å². The van der Waals surface area contributed by atoms with Gasteiger partial charge in [0.1, 0.15) is 22.6 Å². The zero-order chi connectivity index (χ0) is 25.3. The Kier molecular flexibility index (Phi) is 6.05. The molecule has 1 aliphatic heterocycles. The van der Waals surface area contributed by atoms with Crippen molar-refractivity contribution in [2.75, 3.05) is 13.2 Å². The predicted molar refractivity (Wildman–Crippen MR) is 139 cm³/mol. The van der Waals surface area contributed by atoms with E-state index in [0.29, 0.717) is 24.7 Å². The minimum atomic E-state index is -0.398. The Balaban J connectivity index is 1.28. The summed E-state index contributed by atoms with van der Waals surface area (Å²) in [5, 5.41) is 0. The van der Waals surface area contributed by atoms with Gasteiger partial charge in [-0.1, -0.05) is 72.8 Å². The summed E-state index contributed by atoms with van der Waals surface area (Å²) in [6.07, 6.45) is 3.51. The first-order valence-electron chi connectivity index (χ1n) is 12.8. The number of benzene rings is 3. The molecule has 6 nitrogen and oxygen atoms in total. The molecule has 0 bridgehead atoms. The summed E-state index contributed by atoms with van der Waals surface area (Å²) >= 11 is 0. The maximum Gasteiger partial charge on any atom is 0.344 e. The van der Waals surface area contributed by atoms with Gasteiger partial charge in [0.2, 0.25) is 0 Å². The van der Waals surface area contributed by atoms with Crippen LogP contribution < -0.4 is 4.74 Å². The van der Waals surface area contributed by atoms with E-state index in [2.05, 4.69) is 18.2 Å². The molecule has 0 radical (unpaired) electrons. The number of nitrogens with zero attached hydrogens (tertiary/aromatic N) is 1. The van der Waals surface area contributed by atoms with Crippen LogP contribution in [0.25, 0.3) is 22.6 Å². The fourth-order valence-electron chi connectivity index (χ4n) is 5.64. The zero-order valence-corrected chi connectivity index (χ0v) is 20.8. The Hall–Kier alpha value is -3.90. The van der Waals surface area contributed by atoms with Gasteiger partial charge in [-0.3, -0.25) is 0 Å². The Bertz CT molecular complexity index is 1340. The third-order valence-electron chi connectivity index (χ3n) is 7.33. The molecule has 4 aromatic rings. The van der Waals surface area contributed by atoms with Crippen molar-refractivity contribution in [1.29, 1.82) is 0 Å². The van der Waals surface area contributed by atoms with Crippen LogP contribution in [0.5, 0.6) is 5.75 Å². The Morgan fingerprint density at radius 1 is 0.946 bits per heavy atom. The highest BCUT2D eigenvalue weighted by Gasteiger charge is 2.73. The summed E-state index contributed by atoms with van der Waals surface area (Å²) in [6, 6.07) is 28.1. The quantitative estimate of drug-likeness (QED) is 0.199. The second-order valence-electron chi connectivity index (χ2n) is 9.59. The van der Waals surface area contributed by atoms with Crippen LogP contribution in [-0.4, -0.2) is 29.8 Å². The number of ether oxygens (including phenoxy) is 3. The predicted octanol–water partition coefficient (Wildman–Crippen LogP) is 6.34. The van der Waals surface area contributed by atoms with Crippen molar-refractivity contribution in [2.45, 2.75) is 43.8 Å². The molecule has 2 aliphatic rings. The smallest absolute Gasteiger partial charge is 0.344 e. The minimum absolute atomic E-state index is 0.114. The van der Waals surface area contributed by atoms with E-state index in [-0.39, 0.29) is 18.2 Å². The number of esters is 1. The fourth-order valence-corrected chi connectivity index (χ4v) is 5.64. The number of epoxide rings is 1. The largest absolute Gasteiger partial charge is 0.482 e. The number of oxazole rings is 1. The van der Waals surface area contributed by atoms with Crippen molar-refractivity contribution in [1.82, 2.24) is 4.98 Å². The van der Waals surface area contributed by atoms with E-state index < -0.39 is 5.60 Å². The zero-order valence-electron chi connectivity index (χ0n) is 20.8. The molecule has 6 heteroatoms. The van der Waals surface area contributed by atoms with Crippen molar-refractivity contribution in [3.8, 4) is 28.3 Å². The molecule has 2 atom stereocenters. The van der Waals surface area contributed by atoms with E-state index in [1.54, 1.807) is 6.92 Å². The van der Waals surface area contributed by atoms with E-state index >= 15 is 0 Å². The molecule has 0 amide bonds. The summed E-state index contributed by atoms with van der Waals surface area (Å²) in [5.41, 5.74) is 3.17. The van der Waals surface area contributed by atoms with Gasteiger partial charge in [-0.05, 0) is 43.9 Å². The highest BCUT2D eigenvalue weighted by molar-refractivity contribution is 5.76. The summed E-state index contributed by atoms with van der Waals surface area (Å²) in [7, 11) is 0. The molecule has 0 N–H and O–H groups in total. The van der Waals surface area contributed by atoms with E-state index in [4.69, 9.17) is 23.6 Å². The number of hydrogen-bond donors (Lipinski definition) is 0. The first-order valence-corrected chi connectivity index (χ1v) is 12.8. The average Bonchev–Trinajstić information content (AvgIpc) is 3.20. The standard InChI is InChI=1S/C31H29NO5/c1-2-34-27(33)21-35-25-16-9-15-24(19-25)31-18-10-17-30(31,37-31)20-26-32-28(22-11-5-3-6-12-22)29(36-26)23-13-7-4-8-14-23/h3-9,11-16,19H,2,10,17-18,20-21H2,1H3. The molecule has 6 rings (SSSR count). The van der Waals surface area contributed by atoms with Crippen molar-refractivity contribution >= 4 is 5.97 Å². The average molecular weight is 496 g/mol. The van der Waals surface area contributed by atoms with Crippen LogP contribution in [0.3, 0.4) is 0 Å². The van der Waals surface area contributed by atoms with Gasteiger partial charge in [0.25, 0.3) is 0 Å². The van der Waals surface area contributed by atoms with Gasteiger partial charge < -0.3 is 18.6 Å². The number of rotatable bonds is 9. The fraction of sp³-hybridized carbons (Fsp3) is 0.290. The Labute approximate surface area is 216 Å². The third kappa shape index (κ3) is 4.31. The van der Waals surface area contributed by atoms with Gasteiger partial charge in [0, 0.05) is 11.1 Å². The van der Waals surface area contributed by atoms with E-state index in [0.717, 1.165) is 47.4 Å². The van der Waals surface area contributed by atoms with Crippen molar-refractivity contribution in [2.24, 2.45) is 0 Å². The van der Waals surface area contributed by atoms with Crippen LogP contribution in [-0.2, 0) is 26.3 Å². The molecular formula is C31H29NO5. The normalized spacial score (nSPS) is 21.9. The summed E-state index contributed by atoms with van der Waals surface area (Å²) in [5.74, 6) is 1.70. The van der Waals surface area contributed by atoms with Crippen LogP contribution in [0.2, 0.25) is 0 Å². The monoisotopic (exact) mass is 495 g/mol. The molecule has 2 fully saturated rings. The molecule has 188 valence electrons. The third-order valence-corrected chi connectivity index (χ3v) is 7.33. The van der Waals surface area contributed by atoms with E-state index in [9.17, 15) is 4.79 Å². The molecule has 0 spiro atoms. The molecule has 37 heavy (non-hydrogen) atoms. The lowest BCUT2D eigenvalue weighted by atomic mass is 9.86. The second kappa shape index (κ2) is 9.52. The minimum Gasteiger partial charge on any atom is -0.482 e.